The Hall–Kier alpha value is -1.78. The number of hydrogen-bond acceptors (Lipinski definition) is 3. The molecule has 6 heteroatoms. The Morgan fingerprint density at radius 3 is 2.85 bits per heavy atom. The van der Waals surface area contributed by atoms with Crippen LogP contribution in [0.3, 0.4) is 0 Å². The number of fused-ring (bicyclic) bond motifs is 1. The molecule has 1 heterocycles. The van der Waals surface area contributed by atoms with E-state index in [1.54, 1.807) is 18.2 Å². The summed E-state index contributed by atoms with van der Waals surface area (Å²) in [6.45, 7) is 2.52. The lowest BCUT2D eigenvalue weighted by atomic mass is 9.74. The van der Waals surface area contributed by atoms with E-state index in [1.807, 2.05) is 11.0 Å². The van der Waals surface area contributed by atoms with Crippen molar-refractivity contribution in [3.05, 3.63) is 57.2 Å². The van der Waals surface area contributed by atoms with E-state index in [0.29, 0.717) is 23.0 Å². The van der Waals surface area contributed by atoms with Gasteiger partial charge < -0.3 is 9.64 Å². The van der Waals surface area contributed by atoms with Crippen molar-refractivity contribution in [1.29, 1.82) is 0 Å². The van der Waals surface area contributed by atoms with Gasteiger partial charge in [-0.2, -0.15) is 0 Å². The zero-order valence-corrected chi connectivity index (χ0v) is 16.4. The molecule has 1 unspecified atom stereocenters. The third-order valence-electron chi connectivity index (χ3n) is 5.13. The molecule has 138 valence electrons. The van der Waals surface area contributed by atoms with Gasteiger partial charge in [-0.25, -0.2) is 4.79 Å². The number of esters is 1. The van der Waals surface area contributed by atoms with E-state index < -0.39 is 5.97 Å². The van der Waals surface area contributed by atoms with Gasteiger partial charge in [0.2, 0.25) is 5.91 Å². The van der Waals surface area contributed by atoms with Crippen LogP contribution < -0.4 is 0 Å². The number of benzene rings is 1. The highest BCUT2D eigenvalue weighted by Crippen LogP contribution is 2.50. The highest BCUT2D eigenvalue weighted by Gasteiger charge is 2.46. The molecule has 2 aliphatic rings. The van der Waals surface area contributed by atoms with Crippen LogP contribution in [0.4, 0.5) is 0 Å². The summed E-state index contributed by atoms with van der Waals surface area (Å²) >= 11 is 12.3. The van der Waals surface area contributed by atoms with Crippen molar-refractivity contribution in [2.24, 2.45) is 5.41 Å². The van der Waals surface area contributed by atoms with E-state index in [2.05, 4.69) is 11.7 Å². The first kappa shape index (κ1) is 19.0. The van der Waals surface area contributed by atoms with Gasteiger partial charge in [0.15, 0.2) is 0 Å². The van der Waals surface area contributed by atoms with Crippen LogP contribution >= 0.6 is 23.2 Å². The van der Waals surface area contributed by atoms with Crippen LogP contribution in [0.5, 0.6) is 0 Å². The molecule has 3 rings (SSSR count). The SMILES string of the molecule is COC(=O)/C=C/C1=C2N(Cc3ccc(Cl)cc3Cl)C(=O)CC2(C)CCC1. The number of methoxy groups -OCH3 is 1. The fourth-order valence-electron chi connectivity index (χ4n) is 3.91. The van der Waals surface area contributed by atoms with Crippen molar-refractivity contribution in [1.82, 2.24) is 4.90 Å². The molecule has 1 aliphatic carbocycles. The van der Waals surface area contributed by atoms with Gasteiger partial charge in [-0.15, -0.1) is 0 Å². The van der Waals surface area contributed by atoms with Crippen molar-refractivity contribution in [2.45, 2.75) is 39.2 Å². The molecule has 1 fully saturated rings. The van der Waals surface area contributed by atoms with Crippen LogP contribution in [0.1, 0.15) is 38.2 Å². The van der Waals surface area contributed by atoms with E-state index in [-0.39, 0.29) is 11.3 Å². The quantitative estimate of drug-likeness (QED) is 0.539. The Balaban J connectivity index is 2.00. The van der Waals surface area contributed by atoms with Crippen LogP contribution in [0, 0.1) is 5.41 Å². The van der Waals surface area contributed by atoms with Gasteiger partial charge in [0, 0.05) is 33.7 Å². The fourth-order valence-corrected chi connectivity index (χ4v) is 4.37. The summed E-state index contributed by atoms with van der Waals surface area (Å²) in [5.41, 5.74) is 2.66. The summed E-state index contributed by atoms with van der Waals surface area (Å²) in [5, 5.41) is 1.11. The summed E-state index contributed by atoms with van der Waals surface area (Å²) in [4.78, 5) is 26.1. The van der Waals surface area contributed by atoms with Crippen molar-refractivity contribution < 1.29 is 14.3 Å². The number of rotatable bonds is 4. The number of ether oxygens (including phenoxy) is 1. The molecular weight excluding hydrogens is 373 g/mol. The van der Waals surface area contributed by atoms with Gasteiger partial charge in [0.05, 0.1) is 13.7 Å². The molecule has 0 N–H and O–H groups in total. The molecule has 1 atom stereocenters. The average Bonchev–Trinajstić information content (AvgIpc) is 2.85. The Labute approximate surface area is 163 Å². The molecule has 0 saturated carbocycles. The molecule has 1 aromatic rings. The van der Waals surface area contributed by atoms with E-state index in [0.717, 1.165) is 36.1 Å². The van der Waals surface area contributed by atoms with Gasteiger partial charge in [-0.05, 0) is 42.5 Å². The smallest absolute Gasteiger partial charge is 0.330 e. The second kappa shape index (κ2) is 7.45. The maximum absolute atomic E-state index is 12.8. The lowest BCUT2D eigenvalue weighted by Crippen LogP contribution is -2.28. The molecule has 0 aromatic heterocycles. The lowest BCUT2D eigenvalue weighted by molar-refractivity contribution is -0.134. The summed E-state index contributed by atoms with van der Waals surface area (Å²) in [6.07, 6.45) is 6.45. The van der Waals surface area contributed by atoms with Gasteiger partial charge in [0.25, 0.3) is 0 Å². The molecule has 1 aliphatic heterocycles. The third-order valence-corrected chi connectivity index (χ3v) is 5.72. The number of allylic oxidation sites excluding steroid dienone is 3. The third kappa shape index (κ3) is 3.67. The van der Waals surface area contributed by atoms with E-state index in [4.69, 9.17) is 23.2 Å². The van der Waals surface area contributed by atoms with Gasteiger partial charge in [-0.1, -0.05) is 42.3 Å². The fraction of sp³-hybridized carbons (Fsp3) is 0.400. The first-order valence-electron chi connectivity index (χ1n) is 8.58. The number of nitrogens with zero attached hydrogens (tertiary/aromatic N) is 1. The Bertz CT molecular complexity index is 815. The van der Waals surface area contributed by atoms with Gasteiger partial charge >= 0.3 is 5.97 Å². The summed E-state index contributed by atoms with van der Waals surface area (Å²) in [6, 6.07) is 5.31. The van der Waals surface area contributed by atoms with Crippen molar-refractivity contribution >= 4 is 35.1 Å². The standard InChI is InChI=1S/C20H21Cl2NO3/c1-20-9-3-4-13(6-8-18(25)26-2)19(20)23(17(24)11-20)12-14-5-7-15(21)10-16(14)22/h5-8,10H,3-4,9,11-12H2,1-2H3/b8-6+. The summed E-state index contributed by atoms with van der Waals surface area (Å²) in [7, 11) is 1.35. The van der Waals surface area contributed by atoms with E-state index >= 15 is 0 Å². The normalized spacial score (nSPS) is 22.9. The second-order valence-electron chi connectivity index (χ2n) is 7.04. The van der Waals surface area contributed by atoms with Crippen LogP contribution in [-0.2, 0) is 20.9 Å². The number of carbonyl (C=O) groups is 2. The molecule has 26 heavy (non-hydrogen) atoms. The lowest BCUT2D eigenvalue weighted by Gasteiger charge is -2.34. The van der Waals surface area contributed by atoms with E-state index in [1.165, 1.54) is 13.2 Å². The molecular formula is C20H21Cl2NO3. The predicted octanol–water partition coefficient (Wildman–Crippen LogP) is 4.90. The van der Waals surface area contributed by atoms with Gasteiger partial charge in [-0.3, -0.25) is 4.79 Å². The highest BCUT2D eigenvalue weighted by atomic mass is 35.5. The first-order valence-corrected chi connectivity index (χ1v) is 9.33. The Kier molecular flexibility index (Phi) is 5.44. The molecule has 4 nitrogen and oxygen atoms in total. The van der Waals surface area contributed by atoms with Crippen molar-refractivity contribution in [2.75, 3.05) is 7.11 Å². The van der Waals surface area contributed by atoms with Crippen LogP contribution in [0.2, 0.25) is 10.0 Å². The molecule has 1 amide bonds. The van der Waals surface area contributed by atoms with Crippen molar-refractivity contribution in [3.8, 4) is 0 Å². The molecule has 0 radical (unpaired) electrons. The highest BCUT2D eigenvalue weighted by molar-refractivity contribution is 6.35. The number of hydrogen-bond donors (Lipinski definition) is 0. The zero-order chi connectivity index (χ0) is 18.9. The average molecular weight is 394 g/mol. The Morgan fingerprint density at radius 1 is 1.38 bits per heavy atom. The number of halogens is 2. The van der Waals surface area contributed by atoms with Crippen LogP contribution in [0.15, 0.2) is 41.6 Å². The summed E-state index contributed by atoms with van der Waals surface area (Å²) < 4.78 is 4.69. The Morgan fingerprint density at radius 2 is 2.15 bits per heavy atom. The van der Waals surface area contributed by atoms with Crippen molar-refractivity contribution in [3.63, 3.8) is 0 Å². The number of likely N-dealkylation sites (tertiary alicyclic amines) is 1. The zero-order valence-electron chi connectivity index (χ0n) is 14.9. The second-order valence-corrected chi connectivity index (χ2v) is 7.88. The molecule has 1 aromatic carbocycles. The maximum atomic E-state index is 12.8. The molecule has 0 spiro atoms. The minimum atomic E-state index is -0.401. The largest absolute Gasteiger partial charge is 0.466 e. The minimum absolute atomic E-state index is 0.0828. The predicted molar refractivity (Wildman–Crippen MR) is 102 cm³/mol. The van der Waals surface area contributed by atoms with Gasteiger partial charge in [0.1, 0.15) is 0 Å². The van der Waals surface area contributed by atoms with Crippen LogP contribution in [0.25, 0.3) is 0 Å². The van der Waals surface area contributed by atoms with Crippen LogP contribution in [-0.4, -0.2) is 23.9 Å². The first-order chi connectivity index (χ1) is 12.3. The topological polar surface area (TPSA) is 46.6 Å². The minimum Gasteiger partial charge on any atom is -0.466 e. The summed E-state index contributed by atoms with van der Waals surface area (Å²) in [5.74, 6) is -0.318. The molecule has 1 saturated heterocycles. The maximum Gasteiger partial charge on any atom is 0.330 e. The molecule has 0 bridgehead atoms. The monoisotopic (exact) mass is 393 g/mol. The number of amides is 1. The number of carbonyl (C=O) groups excluding carboxylic acids is 2. The van der Waals surface area contributed by atoms with E-state index in [9.17, 15) is 9.59 Å².